The normalized spacial score (nSPS) is 10.8. The number of amides is 1. The van der Waals surface area contributed by atoms with Crippen LogP contribution in [0.4, 0.5) is 0 Å². The van der Waals surface area contributed by atoms with Crippen LogP contribution in [-0.2, 0) is 11.2 Å². The minimum Gasteiger partial charge on any atom is -0.356 e. The average Bonchev–Trinajstić information content (AvgIpc) is 2.38. The molecule has 0 aliphatic rings. The molecule has 94 valence electrons. The van der Waals surface area contributed by atoms with Crippen LogP contribution < -0.4 is 5.32 Å². The zero-order chi connectivity index (χ0) is 13.0. The average molecular weight is 241 g/mol. The molecule has 0 fully saturated rings. The lowest BCUT2D eigenvalue weighted by molar-refractivity contribution is -0.123. The Morgan fingerprint density at radius 2 is 1.83 bits per heavy atom. The van der Waals surface area contributed by atoms with Gasteiger partial charge in [-0.3, -0.25) is 4.79 Å². The van der Waals surface area contributed by atoms with Crippen molar-refractivity contribution >= 4 is 16.7 Å². The van der Waals surface area contributed by atoms with Gasteiger partial charge in [-0.1, -0.05) is 56.3 Å². The second-order valence-electron chi connectivity index (χ2n) is 4.88. The van der Waals surface area contributed by atoms with Crippen molar-refractivity contribution in [3.63, 3.8) is 0 Å². The van der Waals surface area contributed by atoms with Gasteiger partial charge in [0.2, 0.25) is 5.91 Å². The number of nitrogens with one attached hydrogen (secondary N) is 1. The molecule has 0 radical (unpaired) electrons. The number of carbonyl (C=O) groups is 1. The maximum Gasteiger partial charge on any atom is 0.222 e. The Morgan fingerprint density at radius 1 is 1.11 bits per heavy atom. The first-order chi connectivity index (χ1) is 8.66. The summed E-state index contributed by atoms with van der Waals surface area (Å²) in [7, 11) is 0. The van der Waals surface area contributed by atoms with Gasteiger partial charge in [0.1, 0.15) is 0 Å². The highest BCUT2D eigenvalue weighted by Crippen LogP contribution is 2.15. The fourth-order valence-electron chi connectivity index (χ4n) is 1.93. The Hall–Kier alpha value is -1.83. The predicted molar refractivity (Wildman–Crippen MR) is 75.5 cm³/mol. The molecule has 2 nitrogen and oxygen atoms in total. The second kappa shape index (κ2) is 5.67. The van der Waals surface area contributed by atoms with E-state index in [4.69, 9.17) is 0 Å². The lowest BCUT2D eigenvalue weighted by Crippen LogP contribution is -2.29. The molecule has 2 rings (SSSR count). The molecule has 0 unspecified atom stereocenters. The first-order valence-corrected chi connectivity index (χ1v) is 6.42. The van der Waals surface area contributed by atoms with Gasteiger partial charge >= 0.3 is 0 Å². The molecule has 0 saturated heterocycles. The monoisotopic (exact) mass is 241 g/mol. The smallest absolute Gasteiger partial charge is 0.222 e. The fourth-order valence-corrected chi connectivity index (χ4v) is 1.93. The molecule has 2 aromatic rings. The van der Waals surface area contributed by atoms with Crippen molar-refractivity contribution in [1.82, 2.24) is 5.32 Å². The number of hydrogen-bond donors (Lipinski definition) is 1. The van der Waals surface area contributed by atoms with Crippen molar-refractivity contribution < 1.29 is 4.79 Å². The summed E-state index contributed by atoms with van der Waals surface area (Å²) >= 11 is 0. The SMILES string of the molecule is CC(C)C(=O)NCCc1ccc2ccccc2c1. The standard InChI is InChI=1S/C16H19NO/c1-12(2)16(18)17-10-9-13-7-8-14-5-3-4-6-15(14)11-13/h3-8,11-12H,9-10H2,1-2H3,(H,17,18). The van der Waals surface area contributed by atoms with Crippen LogP contribution in [0.5, 0.6) is 0 Å². The van der Waals surface area contributed by atoms with E-state index in [-0.39, 0.29) is 11.8 Å². The van der Waals surface area contributed by atoms with Crippen LogP contribution in [0, 0.1) is 5.92 Å². The molecule has 0 heterocycles. The van der Waals surface area contributed by atoms with Crippen LogP contribution in [0.2, 0.25) is 0 Å². The summed E-state index contributed by atoms with van der Waals surface area (Å²) in [6, 6.07) is 14.8. The van der Waals surface area contributed by atoms with Gasteiger partial charge in [-0.05, 0) is 22.8 Å². The van der Waals surface area contributed by atoms with Gasteiger partial charge in [0, 0.05) is 12.5 Å². The summed E-state index contributed by atoms with van der Waals surface area (Å²) in [5.41, 5.74) is 1.26. The van der Waals surface area contributed by atoms with Crippen molar-refractivity contribution in [3.05, 3.63) is 48.0 Å². The quantitative estimate of drug-likeness (QED) is 0.875. The molecular weight excluding hydrogens is 222 g/mol. The Kier molecular flexibility index (Phi) is 3.98. The maximum atomic E-state index is 11.4. The summed E-state index contributed by atoms with van der Waals surface area (Å²) in [5, 5.41) is 5.45. The van der Waals surface area contributed by atoms with Crippen molar-refractivity contribution in [2.75, 3.05) is 6.54 Å². The number of fused-ring (bicyclic) bond motifs is 1. The number of benzene rings is 2. The molecular formula is C16H19NO. The van der Waals surface area contributed by atoms with E-state index in [9.17, 15) is 4.79 Å². The molecule has 0 saturated carbocycles. The Labute approximate surface area is 108 Å². The van der Waals surface area contributed by atoms with Gasteiger partial charge in [0.25, 0.3) is 0 Å². The van der Waals surface area contributed by atoms with Gasteiger partial charge < -0.3 is 5.32 Å². The van der Waals surface area contributed by atoms with E-state index in [2.05, 4.69) is 35.6 Å². The zero-order valence-electron chi connectivity index (χ0n) is 10.9. The first-order valence-electron chi connectivity index (χ1n) is 6.42. The largest absolute Gasteiger partial charge is 0.356 e. The van der Waals surface area contributed by atoms with Crippen LogP contribution in [0.3, 0.4) is 0 Å². The van der Waals surface area contributed by atoms with E-state index in [1.165, 1.54) is 16.3 Å². The molecule has 0 aliphatic heterocycles. The molecule has 0 aliphatic carbocycles. The molecule has 2 aromatic carbocycles. The summed E-state index contributed by atoms with van der Waals surface area (Å²) in [6.07, 6.45) is 0.878. The summed E-state index contributed by atoms with van der Waals surface area (Å²) in [4.78, 5) is 11.4. The van der Waals surface area contributed by atoms with E-state index in [0.717, 1.165) is 6.42 Å². The van der Waals surface area contributed by atoms with E-state index in [1.807, 2.05) is 26.0 Å². The van der Waals surface area contributed by atoms with Crippen molar-refractivity contribution in [1.29, 1.82) is 0 Å². The molecule has 0 atom stereocenters. The van der Waals surface area contributed by atoms with E-state index >= 15 is 0 Å². The molecule has 18 heavy (non-hydrogen) atoms. The van der Waals surface area contributed by atoms with Crippen molar-refractivity contribution in [3.8, 4) is 0 Å². The zero-order valence-corrected chi connectivity index (χ0v) is 10.9. The Balaban J connectivity index is 1.98. The minimum absolute atomic E-state index is 0.0570. The number of carbonyl (C=O) groups excluding carboxylic acids is 1. The van der Waals surface area contributed by atoms with Gasteiger partial charge in [-0.2, -0.15) is 0 Å². The topological polar surface area (TPSA) is 29.1 Å². The number of hydrogen-bond acceptors (Lipinski definition) is 1. The van der Waals surface area contributed by atoms with Gasteiger partial charge in [-0.15, -0.1) is 0 Å². The third-order valence-electron chi connectivity index (χ3n) is 3.05. The van der Waals surface area contributed by atoms with Crippen LogP contribution in [0.15, 0.2) is 42.5 Å². The Bertz CT molecular complexity index is 546. The van der Waals surface area contributed by atoms with Crippen LogP contribution in [0.25, 0.3) is 10.8 Å². The predicted octanol–water partition coefficient (Wildman–Crippen LogP) is 3.15. The molecule has 0 bridgehead atoms. The third kappa shape index (κ3) is 3.10. The van der Waals surface area contributed by atoms with Crippen molar-refractivity contribution in [2.45, 2.75) is 20.3 Å². The van der Waals surface area contributed by atoms with Crippen LogP contribution in [0.1, 0.15) is 19.4 Å². The molecule has 1 amide bonds. The fraction of sp³-hybridized carbons (Fsp3) is 0.312. The first kappa shape index (κ1) is 12.6. The second-order valence-corrected chi connectivity index (χ2v) is 4.88. The molecule has 2 heteroatoms. The van der Waals surface area contributed by atoms with Crippen LogP contribution in [-0.4, -0.2) is 12.5 Å². The summed E-state index contributed by atoms with van der Waals surface area (Å²) in [5.74, 6) is 0.178. The van der Waals surface area contributed by atoms with E-state index in [0.29, 0.717) is 6.54 Å². The highest BCUT2D eigenvalue weighted by molar-refractivity contribution is 5.83. The highest BCUT2D eigenvalue weighted by atomic mass is 16.1. The van der Waals surface area contributed by atoms with Gasteiger partial charge in [0.15, 0.2) is 0 Å². The van der Waals surface area contributed by atoms with E-state index < -0.39 is 0 Å². The molecule has 1 N–H and O–H groups in total. The van der Waals surface area contributed by atoms with E-state index in [1.54, 1.807) is 0 Å². The molecule has 0 spiro atoms. The summed E-state index contributed by atoms with van der Waals surface area (Å²) in [6.45, 7) is 4.52. The number of rotatable bonds is 4. The molecule has 0 aromatic heterocycles. The van der Waals surface area contributed by atoms with Gasteiger partial charge in [-0.25, -0.2) is 0 Å². The third-order valence-corrected chi connectivity index (χ3v) is 3.05. The Morgan fingerprint density at radius 3 is 2.56 bits per heavy atom. The van der Waals surface area contributed by atoms with Gasteiger partial charge in [0.05, 0.1) is 0 Å². The lowest BCUT2D eigenvalue weighted by Gasteiger charge is -2.08. The highest BCUT2D eigenvalue weighted by Gasteiger charge is 2.05. The lowest BCUT2D eigenvalue weighted by atomic mass is 10.1. The van der Waals surface area contributed by atoms with Crippen molar-refractivity contribution in [2.24, 2.45) is 5.92 Å². The van der Waals surface area contributed by atoms with Crippen LogP contribution >= 0.6 is 0 Å². The maximum absolute atomic E-state index is 11.4. The summed E-state index contributed by atoms with van der Waals surface area (Å²) < 4.78 is 0. The minimum atomic E-state index is 0.0570.